The van der Waals surface area contributed by atoms with Crippen LogP contribution in [0, 0.1) is 20.8 Å². The van der Waals surface area contributed by atoms with Gasteiger partial charge in [0.2, 0.25) is 0 Å². The molecular weight excluding hydrogens is 386 g/mol. The topological polar surface area (TPSA) is 94.8 Å². The van der Waals surface area contributed by atoms with Gasteiger partial charge in [-0.05, 0) is 51.0 Å². The number of esters is 1. The molecular formula is C23H23NO6. The van der Waals surface area contributed by atoms with Crippen molar-refractivity contribution in [2.75, 3.05) is 0 Å². The molecule has 1 heterocycles. The monoisotopic (exact) mass is 409 g/mol. The summed E-state index contributed by atoms with van der Waals surface area (Å²) >= 11 is 0. The highest BCUT2D eigenvalue weighted by Gasteiger charge is 2.21. The van der Waals surface area contributed by atoms with Gasteiger partial charge in [-0.3, -0.25) is 0 Å². The zero-order valence-corrected chi connectivity index (χ0v) is 17.3. The van der Waals surface area contributed by atoms with Gasteiger partial charge < -0.3 is 19.2 Å². The molecule has 30 heavy (non-hydrogen) atoms. The number of hydrogen-bond donors (Lipinski definition) is 1. The number of ether oxygens (including phenoxy) is 2. The van der Waals surface area contributed by atoms with Gasteiger partial charge in [0.15, 0.2) is 0 Å². The van der Waals surface area contributed by atoms with Gasteiger partial charge in [-0.25, -0.2) is 14.4 Å². The summed E-state index contributed by atoms with van der Waals surface area (Å²) in [5.41, 5.74) is 2.66. The molecule has 1 amide bonds. The van der Waals surface area contributed by atoms with E-state index in [1.54, 1.807) is 26.0 Å². The number of carbonyl (C=O) groups is 2. The fourth-order valence-corrected chi connectivity index (χ4v) is 2.93. The average molecular weight is 409 g/mol. The molecule has 156 valence electrons. The van der Waals surface area contributed by atoms with E-state index < -0.39 is 23.7 Å². The van der Waals surface area contributed by atoms with Crippen molar-refractivity contribution in [3.8, 4) is 5.75 Å². The molecule has 3 rings (SSSR count). The highest BCUT2D eigenvalue weighted by atomic mass is 16.6. The van der Waals surface area contributed by atoms with Crippen LogP contribution in [-0.4, -0.2) is 18.1 Å². The number of carbonyl (C=O) groups excluding carboxylic acids is 2. The predicted molar refractivity (Wildman–Crippen MR) is 112 cm³/mol. The summed E-state index contributed by atoms with van der Waals surface area (Å²) in [6.07, 6.45) is -0.726. The molecule has 2 aromatic carbocycles. The Balaban J connectivity index is 1.67. The number of fused-ring (bicyclic) bond motifs is 1. The highest BCUT2D eigenvalue weighted by molar-refractivity contribution is 5.88. The Morgan fingerprint density at radius 1 is 1.00 bits per heavy atom. The third-order valence-corrected chi connectivity index (χ3v) is 4.93. The first-order valence-corrected chi connectivity index (χ1v) is 9.50. The van der Waals surface area contributed by atoms with Crippen LogP contribution in [0.1, 0.15) is 29.2 Å². The van der Waals surface area contributed by atoms with Gasteiger partial charge in [0, 0.05) is 16.5 Å². The standard InChI is InChI=1S/C23H23NO6/c1-13-14(2)21(25)30-20-15(3)19(11-10-18(13)20)29-22(26)16(4)24-23(27)28-12-17-8-6-5-7-9-17/h5-11,16H,12H2,1-4H3,(H,24,27). The molecule has 0 saturated carbocycles. The number of benzene rings is 2. The van der Waals surface area contributed by atoms with E-state index in [0.29, 0.717) is 16.7 Å². The maximum atomic E-state index is 12.4. The third kappa shape index (κ3) is 4.51. The van der Waals surface area contributed by atoms with Gasteiger partial charge in [-0.15, -0.1) is 0 Å². The number of aryl methyl sites for hydroxylation is 2. The lowest BCUT2D eigenvalue weighted by Crippen LogP contribution is -2.41. The quantitative estimate of drug-likeness (QED) is 0.390. The van der Waals surface area contributed by atoms with Crippen LogP contribution in [0.15, 0.2) is 51.7 Å². The number of alkyl carbamates (subject to hydrolysis) is 1. The summed E-state index contributed by atoms with van der Waals surface area (Å²) in [4.78, 5) is 36.4. The van der Waals surface area contributed by atoms with Crippen molar-refractivity contribution in [1.82, 2.24) is 5.32 Å². The molecule has 3 aromatic rings. The van der Waals surface area contributed by atoms with Crippen LogP contribution in [0.3, 0.4) is 0 Å². The lowest BCUT2D eigenvalue weighted by Gasteiger charge is -2.15. The first-order chi connectivity index (χ1) is 14.3. The van der Waals surface area contributed by atoms with Crippen LogP contribution in [-0.2, 0) is 16.1 Å². The van der Waals surface area contributed by atoms with E-state index in [9.17, 15) is 14.4 Å². The molecule has 1 N–H and O–H groups in total. The molecule has 1 aromatic heterocycles. The SMILES string of the molecule is Cc1c(C)c2ccc(OC(=O)C(C)NC(=O)OCc3ccccc3)c(C)c2oc1=O. The van der Waals surface area contributed by atoms with Crippen LogP contribution in [0.5, 0.6) is 5.75 Å². The number of nitrogens with one attached hydrogen (secondary N) is 1. The maximum absolute atomic E-state index is 12.4. The molecule has 0 fully saturated rings. The van der Waals surface area contributed by atoms with Crippen LogP contribution in [0.4, 0.5) is 4.79 Å². The second-order valence-corrected chi connectivity index (χ2v) is 7.05. The fraction of sp³-hybridized carbons (Fsp3) is 0.261. The Labute approximate surface area is 173 Å². The van der Waals surface area contributed by atoms with E-state index >= 15 is 0 Å². The van der Waals surface area contributed by atoms with Gasteiger partial charge >= 0.3 is 17.7 Å². The number of hydrogen-bond acceptors (Lipinski definition) is 6. The summed E-state index contributed by atoms with van der Waals surface area (Å²) in [6.45, 7) is 6.84. The molecule has 0 aliphatic carbocycles. The lowest BCUT2D eigenvalue weighted by molar-refractivity contribution is -0.136. The number of amides is 1. The van der Waals surface area contributed by atoms with E-state index in [4.69, 9.17) is 13.9 Å². The maximum Gasteiger partial charge on any atom is 0.408 e. The molecule has 0 spiro atoms. The van der Waals surface area contributed by atoms with Gasteiger partial charge in [-0.1, -0.05) is 30.3 Å². The van der Waals surface area contributed by atoms with Crippen molar-refractivity contribution >= 4 is 23.0 Å². The first kappa shape index (κ1) is 21.1. The summed E-state index contributed by atoms with van der Waals surface area (Å²) in [5.74, 6) is -0.412. The normalized spacial score (nSPS) is 11.7. The van der Waals surface area contributed by atoms with Crippen LogP contribution in [0.2, 0.25) is 0 Å². The predicted octanol–water partition coefficient (Wildman–Crippen LogP) is 3.94. The average Bonchev–Trinajstić information content (AvgIpc) is 2.73. The molecule has 1 unspecified atom stereocenters. The molecule has 0 radical (unpaired) electrons. The van der Waals surface area contributed by atoms with Gasteiger partial charge in [0.1, 0.15) is 24.0 Å². The first-order valence-electron chi connectivity index (χ1n) is 9.50. The molecule has 1 atom stereocenters. The molecule has 0 aliphatic heterocycles. The van der Waals surface area contributed by atoms with Crippen LogP contribution >= 0.6 is 0 Å². The summed E-state index contributed by atoms with van der Waals surface area (Å²) < 4.78 is 15.9. The van der Waals surface area contributed by atoms with E-state index in [0.717, 1.165) is 16.5 Å². The minimum atomic E-state index is -0.935. The van der Waals surface area contributed by atoms with Crippen LogP contribution < -0.4 is 15.7 Å². The molecule has 0 saturated heterocycles. The van der Waals surface area contributed by atoms with E-state index in [-0.39, 0.29) is 12.4 Å². The summed E-state index contributed by atoms with van der Waals surface area (Å²) in [6, 6.07) is 11.6. The van der Waals surface area contributed by atoms with E-state index in [1.807, 2.05) is 37.3 Å². The van der Waals surface area contributed by atoms with Gasteiger partial charge in [-0.2, -0.15) is 0 Å². The zero-order chi connectivity index (χ0) is 21.8. The van der Waals surface area contributed by atoms with Crippen LogP contribution in [0.25, 0.3) is 11.0 Å². The summed E-state index contributed by atoms with van der Waals surface area (Å²) in [7, 11) is 0. The van der Waals surface area contributed by atoms with Gasteiger partial charge in [0.25, 0.3) is 0 Å². The number of rotatable bonds is 5. The molecule has 0 aliphatic rings. The van der Waals surface area contributed by atoms with E-state index in [1.165, 1.54) is 6.92 Å². The Morgan fingerprint density at radius 3 is 2.40 bits per heavy atom. The highest BCUT2D eigenvalue weighted by Crippen LogP contribution is 2.29. The summed E-state index contributed by atoms with van der Waals surface area (Å²) in [5, 5.41) is 3.22. The fourth-order valence-electron chi connectivity index (χ4n) is 2.93. The molecule has 7 heteroatoms. The van der Waals surface area contributed by atoms with Crippen molar-refractivity contribution in [3.63, 3.8) is 0 Å². The largest absolute Gasteiger partial charge is 0.445 e. The van der Waals surface area contributed by atoms with Crippen molar-refractivity contribution in [2.45, 2.75) is 40.3 Å². The second kappa shape index (κ2) is 8.82. The zero-order valence-electron chi connectivity index (χ0n) is 17.3. The van der Waals surface area contributed by atoms with E-state index in [2.05, 4.69) is 5.32 Å². The Bertz CT molecular complexity index is 1150. The van der Waals surface area contributed by atoms with Gasteiger partial charge in [0.05, 0.1) is 0 Å². The minimum Gasteiger partial charge on any atom is -0.445 e. The second-order valence-electron chi connectivity index (χ2n) is 7.05. The third-order valence-electron chi connectivity index (χ3n) is 4.93. The minimum absolute atomic E-state index is 0.0933. The molecule has 7 nitrogen and oxygen atoms in total. The van der Waals surface area contributed by atoms with Crippen molar-refractivity contribution in [1.29, 1.82) is 0 Å². The smallest absolute Gasteiger partial charge is 0.408 e. The Morgan fingerprint density at radius 2 is 1.70 bits per heavy atom. The van der Waals surface area contributed by atoms with Crippen molar-refractivity contribution < 1.29 is 23.5 Å². The van der Waals surface area contributed by atoms with Crippen molar-refractivity contribution in [3.05, 3.63) is 75.1 Å². The Hall–Kier alpha value is -3.61. The van der Waals surface area contributed by atoms with Crippen molar-refractivity contribution in [2.24, 2.45) is 0 Å². The lowest BCUT2D eigenvalue weighted by atomic mass is 10.0. The Kier molecular flexibility index (Phi) is 6.20. The molecule has 0 bridgehead atoms.